The number of carbonyl (C=O) groups is 1. The summed E-state index contributed by atoms with van der Waals surface area (Å²) in [5.74, 6) is 0. The Morgan fingerprint density at radius 3 is 2.50 bits per heavy atom. The number of hydrogen-bond donors (Lipinski definition) is 2. The summed E-state index contributed by atoms with van der Waals surface area (Å²) in [5, 5.41) is 19.4. The molecule has 1 fully saturated rings. The van der Waals surface area contributed by atoms with E-state index in [1.165, 1.54) is 4.90 Å². The van der Waals surface area contributed by atoms with Gasteiger partial charge in [-0.3, -0.25) is 0 Å². The highest BCUT2D eigenvalue weighted by Crippen LogP contribution is 2.23. The molecule has 1 saturated heterocycles. The van der Waals surface area contributed by atoms with Crippen molar-refractivity contribution in [3.05, 3.63) is 0 Å². The first-order chi connectivity index (χ1) is 7.12. The molecule has 2 atom stereocenters. The van der Waals surface area contributed by atoms with Crippen LogP contribution in [-0.4, -0.2) is 51.6 Å². The van der Waals surface area contributed by atoms with Gasteiger partial charge in [-0.05, 0) is 34.1 Å². The topological polar surface area (TPSA) is 70.0 Å². The molecule has 5 nitrogen and oxygen atoms in total. The van der Waals surface area contributed by atoms with Crippen LogP contribution in [0.1, 0.15) is 34.1 Å². The number of piperidine rings is 1. The van der Waals surface area contributed by atoms with Crippen molar-refractivity contribution in [2.75, 3.05) is 13.1 Å². The van der Waals surface area contributed by atoms with Gasteiger partial charge in [0.25, 0.3) is 0 Å². The monoisotopic (exact) mass is 231 g/mol. The smallest absolute Gasteiger partial charge is 0.410 e. The van der Waals surface area contributed by atoms with E-state index >= 15 is 0 Å². The van der Waals surface area contributed by atoms with Crippen LogP contribution < -0.4 is 0 Å². The van der Waals surface area contributed by atoms with Crippen LogP contribution in [0, 0.1) is 0 Å². The molecular formula is C11H21NO4. The van der Waals surface area contributed by atoms with Crippen molar-refractivity contribution in [3.8, 4) is 0 Å². The first-order valence-electron chi connectivity index (χ1n) is 5.50. The number of likely N-dealkylation sites (tertiary alicyclic amines) is 1. The highest BCUT2D eigenvalue weighted by molar-refractivity contribution is 5.68. The minimum absolute atomic E-state index is 0.113. The SMILES string of the molecule is CC(C)(C)OC(=O)N1CCC(C)(O)C(O)C1. The van der Waals surface area contributed by atoms with Gasteiger partial charge < -0.3 is 19.8 Å². The molecule has 0 aliphatic carbocycles. The van der Waals surface area contributed by atoms with E-state index in [4.69, 9.17) is 4.74 Å². The van der Waals surface area contributed by atoms with Gasteiger partial charge in [-0.2, -0.15) is 0 Å². The molecular weight excluding hydrogens is 210 g/mol. The number of aliphatic hydroxyl groups is 2. The second-order valence-corrected chi connectivity index (χ2v) is 5.55. The Kier molecular flexibility index (Phi) is 3.50. The first kappa shape index (κ1) is 13.3. The van der Waals surface area contributed by atoms with Crippen molar-refractivity contribution in [2.24, 2.45) is 0 Å². The largest absolute Gasteiger partial charge is 0.444 e. The lowest BCUT2D eigenvalue weighted by Crippen LogP contribution is -2.55. The van der Waals surface area contributed by atoms with E-state index in [0.717, 1.165) is 0 Å². The molecule has 1 aliphatic rings. The van der Waals surface area contributed by atoms with Gasteiger partial charge in [-0.25, -0.2) is 4.79 Å². The van der Waals surface area contributed by atoms with Crippen LogP contribution in [0.3, 0.4) is 0 Å². The Bertz CT molecular complexity index is 270. The van der Waals surface area contributed by atoms with E-state index in [2.05, 4.69) is 0 Å². The van der Waals surface area contributed by atoms with Gasteiger partial charge in [0, 0.05) is 6.54 Å². The highest BCUT2D eigenvalue weighted by atomic mass is 16.6. The lowest BCUT2D eigenvalue weighted by Gasteiger charge is -2.40. The molecule has 0 saturated carbocycles. The first-order valence-corrected chi connectivity index (χ1v) is 5.50. The van der Waals surface area contributed by atoms with E-state index in [1.54, 1.807) is 27.7 Å². The van der Waals surface area contributed by atoms with Crippen LogP contribution in [-0.2, 0) is 4.74 Å². The summed E-state index contributed by atoms with van der Waals surface area (Å²) in [6.07, 6.45) is -1.01. The Labute approximate surface area is 96.0 Å². The van der Waals surface area contributed by atoms with Crippen molar-refractivity contribution in [2.45, 2.75) is 51.4 Å². The fourth-order valence-corrected chi connectivity index (χ4v) is 1.52. The van der Waals surface area contributed by atoms with Crippen LogP contribution >= 0.6 is 0 Å². The summed E-state index contributed by atoms with van der Waals surface area (Å²) in [6, 6.07) is 0. The molecule has 0 aromatic heterocycles. The third-order valence-electron chi connectivity index (χ3n) is 2.65. The Morgan fingerprint density at radius 1 is 1.50 bits per heavy atom. The van der Waals surface area contributed by atoms with E-state index in [9.17, 15) is 15.0 Å². The number of rotatable bonds is 0. The fraction of sp³-hybridized carbons (Fsp3) is 0.909. The van der Waals surface area contributed by atoms with Crippen molar-refractivity contribution in [3.63, 3.8) is 0 Å². The van der Waals surface area contributed by atoms with E-state index in [1.807, 2.05) is 0 Å². The molecule has 0 spiro atoms. The third kappa shape index (κ3) is 3.35. The van der Waals surface area contributed by atoms with E-state index in [0.29, 0.717) is 13.0 Å². The third-order valence-corrected chi connectivity index (χ3v) is 2.65. The molecule has 0 bridgehead atoms. The lowest BCUT2D eigenvalue weighted by atomic mass is 9.91. The zero-order valence-corrected chi connectivity index (χ0v) is 10.4. The van der Waals surface area contributed by atoms with Crippen molar-refractivity contribution in [1.29, 1.82) is 0 Å². The van der Waals surface area contributed by atoms with Crippen molar-refractivity contribution < 1.29 is 19.7 Å². The summed E-state index contributed by atoms with van der Waals surface area (Å²) < 4.78 is 5.19. The maximum absolute atomic E-state index is 11.7. The van der Waals surface area contributed by atoms with Crippen molar-refractivity contribution >= 4 is 6.09 Å². The van der Waals surface area contributed by atoms with Crippen LogP contribution in [0.25, 0.3) is 0 Å². The van der Waals surface area contributed by atoms with Gasteiger partial charge in [0.05, 0.1) is 12.1 Å². The van der Waals surface area contributed by atoms with Crippen LogP contribution in [0.15, 0.2) is 0 Å². The molecule has 2 N–H and O–H groups in total. The summed E-state index contributed by atoms with van der Waals surface area (Å²) in [6.45, 7) is 7.47. The predicted octanol–water partition coefficient (Wildman–Crippen LogP) is 0.739. The molecule has 2 unspecified atom stereocenters. The molecule has 0 aromatic carbocycles. The average molecular weight is 231 g/mol. The number of β-amino-alcohol motifs (C(OH)–C–C–N with tert-alkyl or cyclic N) is 1. The van der Waals surface area contributed by atoms with Gasteiger partial charge in [-0.15, -0.1) is 0 Å². The second-order valence-electron chi connectivity index (χ2n) is 5.55. The number of hydrogen-bond acceptors (Lipinski definition) is 4. The number of amides is 1. The average Bonchev–Trinajstić information content (AvgIpc) is 2.06. The number of aliphatic hydroxyl groups excluding tert-OH is 1. The molecule has 1 rings (SSSR count). The molecule has 1 aliphatic heterocycles. The lowest BCUT2D eigenvalue weighted by molar-refractivity contribution is -0.106. The Morgan fingerprint density at radius 2 is 2.06 bits per heavy atom. The van der Waals surface area contributed by atoms with Crippen LogP contribution in [0.4, 0.5) is 4.79 Å². The Balaban J connectivity index is 2.55. The molecule has 0 radical (unpaired) electrons. The maximum atomic E-state index is 11.7. The number of nitrogens with zero attached hydrogens (tertiary/aromatic N) is 1. The van der Waals surface area contributed by atoms with E-state index in [-0.39, 0.29) is 6.54 Å². The molecule has 16 heavy (non-hydrogen) atoms. The van der Waals surface area contributed by atoms with E-state index < -0.39 is 23.4 Å². The summed E-state index contributed by atoms with van der Waals surface area (Å²) >= 11 is 0. The summed E-state index contributed by atoms with van der Waals surface area (Å²) in [5.41, 5.74) is -1.65. The predicted molar refractivity (Wildman–Crippen MR) is 59.1 cm³/mol. The number of ether oxygens (including phenoxy) is 1. The minimum atomic E-state index is -1.11. The fourth-order valence-electron chi connectivity index (χ4n) is 1.52. The molecule has 1 heterocycles. The van der Waals surface area contributed by atoms with Crippen LogP contribution in [0.2, 0.25) is 0 Å². The highest BCUT2D eigenvalue weighted by Gasteiger charge is 2.38. The summed E-state index contributed by atoms with van der Waals surface area (Å²) in [7, 11) is 0. The molecule has 1 amide bonds. The van der Waals surface area contributed by atoms with Gasteiger partial charge in [0.15, 0.2) is 0 Å². The normalized spacial score (nSPS) is 31.4. The molecule has 94 valence electrons. The van der Waals surface area contributed by atoms with Gasteiger partial charge in [0.2, 0.25) is 0 Å². The second kappa shape index (κ2) is 4.22. The van der Waals surface area contributed by atoms with Crippen LogP contribution in [0.5, 0.6) is 0 Å². The zero-order chi connectivity index (χ0) is 12.6. The quantitative estimate of drug-likeness (QED) is 0.645. The zero-order valence-electron chi connectivity index (χ0n) is 10.4. The van der Waals surface area contributed by atoms with Gasteiger partial charge in [0.1, 0.15) is 11.7 Å². The minimum Gasteiger partial charge on any atom is -0.444 e. The summed E-state index contributed by atoms with van der Waals surface area (Å²) in [4.78, 5) is 13.1. The van der Waals surface area contributed by atoms with Crippen molar-refractivity contribution in [1.82, 2.24) is 4.90 Å². The van der Waals surface area contributed by atoms with Gasteiger partial charge in [-0.1, -0.05) is 0 Å². The maximum Gasteiger partial charge on any atom is 0.410 e. The van der Waals surface area contributed by atoms with Gasteiger partial charge >= 0.3 is 6.09 Å². The standard InChI is InChI=1S/C11H21NO4/c1-10(2,3)16-9(14)12-6-5-11(4,15)8(13)7-12/h8,13,15H,5-7H2,1-4H3. The molecule has 5 heteroatoms. The molecule has 0 aromatic rings. The number of carbonyl (C=O) groups excluding carboxylic acids is 1. The Hall–Kier alpha value is -0.810.